The molecule has 4 nitrogen and oxygen atoms in total. The topological polar surface area (TPSA) is 52.6 Å². The van der Waals surface area contributed by atoms with Gasteiger partial charge >= 0.3 is 0 Å². The van der Waals surface area contributed by atoms with Crippen LogP contribution in [0.1, 0.15) is 51.9 Å². The molecule has 4 heteroatoms. The number of amides is 1. The summed E-state index contributed by atoms with van der Waals surface area (Å²) >= 11 is 0. The van der Waals surface area contributed by atoms with E-state index in [0.29, 0.717) is 5.92 Å². The summed E-state index contributed by atoms with van der Waals surface area (Å²) in [6.45, 7) is 4.78. The van der Waals surface area contributed by atoms with Gasteiger partial charge in [-0.25, -0.2) is 0 Å². The normalized spacial score (nSPS) is 25.2. The maximum Gasteiger partial charge on any atom is 0.237 e. The number of carbonyl (C=O) groups is 1. The Morgan fingerprint density at radius 3 is 3.05 bits per heavy atom. The molecule has 120 valence electrons. The first-order valence-corrected chi connectivity index (χ1v) is 8.51. The van der Waals surface area contributed by atoms with Gasteiger partial charge < -0.3 is 10.4 Å². The van der Waals surface area contributed by atoms with Gasteiger partial charge in [-0.3, -0.25) is 9.69 Å². The van der Waals surface area contributed by atoms with E-state index in [9.17, 15) is 9.90 Å². The number of allylic oxidation sites excluding steroid dienone is 1. The Labute approximate surface area is 128 Å². The zero-order valence-corrected chi connectivity index (χ0v) is 13.3. The highest BCUT2D eigenvalue weighted by atomic mass is 16.3. The van der Waals surface area contributed by atoms with Crippen molar-refractivity contribution in [3.8, 4) is 0 Å². The monoisotopic (exact) mass is 294 g/mol. The van der Waals surface area contributed by atoms with Crippen molar-refractivity contribution in [1.82, 2.24) is 10.2 Å². The molecular formula is C17H30N2O2. The first-order valence-electron chi connectivity index (χ1n) is 8.51. The van der Waals surface area contributed by atoms with Crippen LogP contribution in [0.5, 0.6) is 0 Å². The summed E-state index contributed by atoms with van der Waals surface area (Å²) in [5.74, 6) is 0.464. The molecule has 2 rings (SSSR count). The lowest BCUT2D eigenvalue weighted by Crippen LogP contribution is -2.49. The molecule has 2 N–H and O–H groups in total. The average Bonchev–Trinajstić information content (AvgIpc) is 2.55. The molecule has 1 amide bonds. The van der Waals surface area contributed by atoms with Gasteiger partial charge in [0, 0.05) is 19.7 Å². The van der Waals surface area contributed by atoms with Crippen molar-refractivity contribution in [2.24, 2.45) is 5.92 Å². The van der Waals surface area contributed by atoms with Crippen LogP contribution in [0, 0.1) is 5.92 Å². The van der Waals surface area contributed by atoms with Gasteiger partial charge in [0.25, 0.3) is 0 Å². The fraction of sp³-hybridized carbons (Fsp3) is 0.824. The maximum atomic E-state index is 12.2. The smallest absolute Gasteiger partial charge is 0.237 e. The summed E-state index contributed by atoms with van der Waals surface area (Å²) in [7, 11) is 0. The van der Waals surface area contributed by atoms with E-state index in [2.05, 4.69) is 16.3 Å². The van der Waals surface area contributed by atoms with E-state index in [1.54, 1.807) is 0 Å². The van der Waals surface area contributed by atoms with E-state index in [-0.39, 0.29) is 18.6 Å². The lowest BCUT2D eigenvalue weighted by atomic mass is 9.97. The second kappa shape index (κ2) is 8.54. The van der Waals surface area contributed by atoms with E-state index in [1.165, 1.54) is 31.3 Å². The fourth-order valence-electron chi connectivity index (χ4n) is 3.39. The van der Waals surface area contributed by atoms with Crippen molar-refractivity contribution < 1.29 is 9.90 Å². The van der Waals surface area contributed by atoms with Crippen LogP contribution < -0.4 is 5.32 Å². The zero-order valence-electron chi connectivity index (χ0n) is 13.3. The SMILES string of the molecule is CC(C(=O)NCCC1=CCCCC1)N1CCCC(CO)C1. The third-order valence-electron chi connectivity index (χ3n) is 4.87. The van der Waals surface area contributed by atoms with Crippen LogP contribution in [0.4, 0.5) is 0 Å². The van der Waals surface area contributed by atoms with Crippen LogP contribution in [0.3, 0.4) is 0 Å². The summed E-state index contributed by atoms with van der Waals surface area (Å²) in [5, 5.41) is 12.4. The van der Waals surface area contributed by atoms with Crippen LogP contribution in [0.2, 0.25) is 0 Å². The summed E-state index contributed by atoms with van der Waals surface area (Å²) in [6, 6.07) is -0.0836. The van der Waals surface area contributed by atoms with Gasteiger partial charge in [-0.1, -0.05) is 11.6 Å². The molecule has 0 bridgehead atoms. The zero-order chi connectivity index (χ0) is 15.1. The van der Waals surface area contributed by atoms with Crippen LogP contribution >= 0.6 is 0 Å². The highest BCUT2D eigenvalue weighted by Crippen LogP contribution is 2.20. The van der Waals surface area contributed by atoms with E-state index < -0.39 is 0 Å². The number of likely N-dealkylation sites (tertiary alicyclic amines) is 1. The van der Waals surface area contributed by atoms with Crippen molar-refractivity contribution in [2.45, 2.75) is 57.9 Å². The molecule has 2 aliphatic rings. The molecule has 21 heavy (non-hydrogen) atoms. The summed E-state index contributed by atoms with van der Waals surface area (Å²) in [5.41, 5.74) is 1.51. The van der Waals surface area contributed by atoms with Gasteiger partial charge in [0.1, 0.15) is 0 Å². The van der Waals surface area contributed by atoms with Gasteiger partial charge in [0.15, 0.2) is 0 Å². The number of hydrogen-bond acceptors (Lipinski definition) is 3. The summed E-state index contributed by atoms with van der Waals surface area (Å²) < 4.78 is 0. The van der Waals surface area contributed by atoms with Crippen LogP contribution in [-0.2, 0) is 4.79 Å². The van der Waals surface area contributed by atoms with E-state index in [1.807, 2.05) is 6.92 Å². The Kier molecular flexibility index (Phi) is 6.71. The van der Waals surface area contributed by atoms with Gasteiger partial charge in [0.2, 0.25) is 5.91 Å². The minimum atomic E-state index is -0.0836. The molecule has 1 saturated heterocycles. The van der Waals surface area contributed by atoms with E-state index in [0.717, 1.165) is 38.9 Å². The number of aliphatic hydroxyl groups is 1. The molecule has 1 aliphatic carbocycles. The minimum absolute atomic E-state index is 0.0836. The largest absolute Gasteiger partial charge is 0.396 e. The lowest BCUT2D eigenvalue weighted by Gasteiger charge is -2.35. The number of piperidine rings is 1. The predicted molar refractivity (Wildman–Crippen MR) is 85.0 cm³/mol. The minimum Gasteiger partial charge on any atom is -0.396 e. The molecule has 2 unspecified atom stereocenters. The van der Waals surface area contributed by atoms with E-state index >= 15 is 0 Å². The van der Waals surface area contributed by atoms with Gasteiger partial charge in [-0.15, -0.1) is 0 Å². The van der Waals surface area contributed by atoms with Crippen molar-refractivity contribution in [3.05, 3.63) is 11.6 Å². The van der Waals surface area contributed by atoms with Crippen molar-refractivity contribution in [2.75, 3.05) is 26.2 Å². The lowest BCUT2D eigenvalue weighted by molar-refractivity contribution is -0.126. The highest BCUT2D eigenvalue weighted by molar-refractivity contribution is 5.81. The maximum absolute atomic E-state index is 12.2. The van der Waals surface area contributed by atoms with Gasteiger partial charge in [-0.2, -0.15) is 0 Å². The fourth-order valence-corrected chi connectivity index (χ4v) is 3.39. The van der Waals surface area contributed by atoms with Crippen molar-refractivity contribution in [1.29, 1.82) is 0 Å². The number of nitrogens with zero attached hydrogens (tertiary/aromatic N) is 1. The highest BCUT2D eigenvalue weighted by Gasteiger charge is 2.26. The molecule has 0 aromatic carbocycles. The van der Waals surface area contributed by atoms with Gasteiger partial charge in [0.05, 0.1) is 6.04 Å². The number of nitrogens with one attached hydrogen (secondary N) is 1. The Morgan fingerprint density at radius 1 is 1.48 bits per heavy atom. The second-order valence-electron chi connectivity index (χ2n) is 6.51. The Bertz CT molecular complexity index is 368. The number of rotatable bonds is 6. The first kappa shape index (κ1) is 16.5. The van der Waals surface area contributed by atoms with E-state index in [4.69, 9.17) is 0 Å². The molecule has 1 fully saturated rings. The average molecular weight is 294 g/mol. The molecule has 2 atom stereocenters. The standard InChI is InChI=1S/C17H30N2O2/c1-14(19-11-5-8-16(12-19)13-20)17(21)18-10-9-15-6-3-2-4-7-15/h6,14,16,20H,2-5,7-13H2,1H3,(H,18,21). The molecule has 0 radical (unpaired) electrons. The molecule has 0 aromatic heterocycles. The summed E-state index contributed by atoms with van der Waals surface area (Å²) in [6.07, 6.45) is 10.5. The Hall–Kier alpha value is -0.870. The molecule has 0 saturated carbocycles. The Morgan fingerprint density at radius 2 is 2.33 bits per heavy atom. The second-order valence-corrected chi connectivity index (χ2v) is 6.51. The summed E-state index contributed by atoms with van der Waals surface area (Å²) in [4.78, 5) is 14.5. The number of aliphatic hydroxyl groups excluding tert-OH is 1. The van der Waals surface area contributed by atoms with Crippen LogP contribution in [0.15, 0.2) is 11.6 Å². The van der Waals surface area contributed by atoms with Crippen molar-refractivity contribution in [3.63, 3.8) is 0 Å². The van der Waals surface area contributed by atoms with Crippen LogP contribution in [0.25, 0.3) is 0 Å². The number of hydrogen-bond donors (Lipinski definition) is 2. The third-order valence-corrected chi connectivity index (χ3v) is 4.87. The molecule has 1 heterocycles. The predicted octanol–water partition coefficient (Wildman–Crippen LogP) is 2.09. The van der Waals surface area contributed by atoms with Gasteiger partial charge in [-0.05, 0) is 64.3 Å². The number of carbonyl (C=O) groups excluding carboxylic acids is 1. The first-order chi connectivity index (χ1) is 10.2. The van der Waals surface area contributed by atoms with Crippen LogP contribution in [-0.4, -0.2) is 48.2 Å². The molecule has 0 spiro atoms. The van der Waals surface area contributed by atoms with Crippen molar-refractivity contribution >= 4 is 5.91 Å². The molecule has 1 aliphatic heterocycles. The third kappa shape index (κ3) is 5.11. The molecule has 0 aromatic rings. The molecular weight excluding hydrogens is 264 g/mol. The Balaban J connectivity index is 1.70. The quantitative estimate of drug-likeness (QED) is 0.738.